The average molecular weight is 333 g/mol. The highest BCUT2D eigenvalue weighted by Gasteiger charge is 2.31. The number of halogens is 1. The normalized spacial score (nSPS) is 19.1. The number of benzene rings is 2. The largest absolute Gasteiger partial charge is 0.497 e. The lowest BCUT2D eigenvalue weighted by atomic mass is 10.1. The van der Waals surface area contributed by atoms with Crippen molar-refractivity contribution in [3.05, 3.63) is 58.6 Å². The highest BCUT2D eigenvalue weighted by atomic mass is 35.5. The predicted octanol–water partition coefficient (Wildman–Crippen LogP) is 3.13. The Hall–Kier alpha value is -2.24. The monoisotopic (exact) mass is 332 g/mol. The Kier molecular flexibility index (Phi) is 4.41. The molecule has 5 nitrogen and oxygen atoms in total. The molecule has 2 amide bonds. The molecular formula is C17H17ClN2O3. The Morgan fingerprint density at radius 2 is 2.09 bits per heavy atom. The van der Waals surface area contributed by atoms with Gasteiger partial charge in [-0.05, 0) is 23.3 Å². The molecule has 120 valence electrons. The molecular weight excluding hydrogens is 316 g/mol. The van der Waals surface area contributed by atoms with Crippen molar-refractivity contribution in [3.8, 4) is 5.75 Å². The van der Waals surface area contributed by atoms with Gasteiger partial charge in [0.05, 0.1) is 30.0 Å². The smallest absolute Gasteiger partial charge is 0.319 e. The summed E-state index contributed by atoms with van der Waals surface area (Å²) in [6, 6.07) is 11.8. The van der Waals surface area contributed by atoms with E-state index < -0.39 is 18.2 Å². The Labute approximate surface area is 139 Å². The van der Waals surface area contributed by atoms with Crippen LogP contribution in [-0.2, 0) is 6.42 Å². The number of ether oxygens (including phenoxy) is 1. The van der Waals surface area contributed by atoms with Crippen LogP contribution in [0, 0.1) is 0 Å². The Morgan fingerprint density at radius 3 is 2.83 bits per heavy atom. The molecule has 0 heterocycles. The van der Waals surface area contributed by atoms with E-state index in [0.29, 0.717) is 22.9 Å². The van der Waals surface area contributed by atoms with Gasteiger partial charge in [0.25, 0.3) is 0 Å². The highest BCUT2D eigenvalue weighted by Crippen LogP contribution is 2.31. The molecule has 2 aromatic carbocycles. The standard InChI is InChI=1S/C17H17ClN2O3/c1-23-11-6-7-14(13(18)9-11)19-17(22)20-16-12-5-3-2-4-10(12)8-15(16)21/h2-7,9,15-16,21H,8H2,1H3,(H2,19,20,22)/t15-,16+/m1/s1. The van der Waals surface area contributed by atoms with Gasteiger partial charge >= 0.3 is 6.03 Å². The van der Waals surface area contributed by atoms with Gasteiger partial charge in [0, 0.05) is 12.5 Å². The van der Waals surface area contributed by atoms with E-state index in [4.69, 9.17) is 16.3 Å². The molecule has 3 rings (SSSR count). The first kappa shape index (κ1) is 15.6. The molecule has 2 atom stereocenters. The van der Waals surface area contributed by atoms with Gasteiger partial charge in [-0.3, -0.25) is 0 Å². The van der Waals surface area contributed by atoms with Crippen molar-refractivity contribution in [2.45, 2.75) is 18.6 Å². The van der Waals surface area contributed by atoms with Crippen molar-refractivity contribution < 1.29 is 14.6 Å². The van der Waals surface area contributed by atoms with Gasteiger partial charge in [-0.1, -0.05) is 35.9 Å². The van der Waals surface area contributed by atoms with Gasteiger partial charge in [0.1, 0.15) is 5.75 Å². The van der Waals surface area contributed by atoms with Gasteiger partial charge in [-0.15, -0.1) is 0 Å². The molecule has 0 spiro atoms. The Bertz CT molecular complexity index is 736. The van der Waals surface area contributed by atoms with Crippen LogP contribution >= 0.6 is 11.6 Å². The molecule has 1 aliphatic carbocycles. The molecule has 0 bridgehead atoms. The molecule has 0 radical (unpaired) electrons. The predicted molar refractivity (Wildman–Crippen MR) is 89.1 cm³/mol. The van der Waals surface area contributed by atoms with E-state index in [2.05, 4.69) is 10.6 Å². The molecule has 0 aromatic heterocycles. The van der Waals surface area contributed by atoms with Crippen molar-refractivity contribution in [1.29, 1.82) is 0 Å². The van der Waals surface area contributed by atoms with Crippen LogP contribution in [0.4, 0.5) is 10.5 Å². The number of rotatable bonds is 3. The third-order valence-corrected chi connectivity index (χ3v) is 4.23. The van der Waals surface area contributed by atoms with Gasteiger partial charge in [0.15, 0.2) is 0 Å². The molecule has 0 unspecified atom stereocenters. The van der Waals surface area contributed by atoms with Crippen LogP contribution in [0.5, 0.6) is 5.75 Å². The summed E-state index contributed by atoms with van der Waals surface area (Å²) in [4.78, 5) is 12.2. The van der Waals surface area contributed by atoms with Gasteiger partial charge < -0.3 is 20.5 Å². The SMILES string of the molecule is COc1ccc(NC(=O)N[C@H]2c3ccccc3C[C@H]2O)c(Cl)c1. The van der Waals surface area contributed by atoms with Crippen LogP contribution < -0.4 is 15.4 Å². The molecule has 0 saturated heterocycles. The summed E-state index contributed by atoms with van der Waals surface area (Å²) >= 11 is 6.11. The average Bonchev–Trinajstić information content (AvgIpc) is 2.85. The summed E-state index contributed by atoms with van der Waals surface area (Å²) in [6.45, 7) is 0. The second-order valence-electron chi connectivity index (χ2n) is 5.39. The highest BCUT2D eigenvalue weighted by molar-refractivity contribution is 6.33. The van der Waals surface area contributed by atoms with E-state index in [0.717, 1.165) is 11.1 Å². The van der Waals surface area contributed by atoms with Gasteiger partial charge in [-0.2, -0.15) is 0 Å². The minimum atomic E-state index is -0.635. The minimum Gasteiger partial charge on any atom is -0.497 e. The molecule has 6 heteroatoms. The fourth-order valence-electron chi connectivity index (χ4n) is 2.77. The maximum Gasteiger partial charge on any atom is 0.319 e. The molecule has 0 fully saturated rings. The molecule has 2 aromatic rings. The third kappa shape index (κ3) is 3.25. The maximum absolute atomic E-state index is 12.2. The number of hydrogen-bond acceptors (Lipinski definition) is 3. The molecule has 23 heavy (non-hydrogen) atoms. The number of hydrogen-bond donors (Lipinski definition) is 3. The Balaban J connectivity index is 1.70. The van der Waals surface area contributed by atoms with Gasteiger partial charge in [-0.25, -0.2) is 4.79 Å². The third-order valence-electron chi connectivity index (χ3n) is 3.92. The first-order valence-electron chi connectivity index (χ1n) is 7.25. The van der Waals surface area contributed by atoms with E-state index in [1.807, 2.05) is 24.3 Å². The van der Waals surface area contributed by atoms with Crippen molar-refractivity contribution in [2.24, 2.45) is 0 Å². The molecule has 3 N–H and O–H groups in total. The van der Waals surface area contributed by atoms with E-state index in [1.165, 1.54) is 0 Å². The van der Waals surface area contributed by atoms with Crippen molar-refractivity contribution in [3.63, 3.8) is 0 Å². The number of aliphatic hydroxyl groups excluding tert-OH is 1. The summed E-state index contributed by atoms with van der Waals surface area (Å²) in [5, 5.41) is 16.0. The summed E-state index contributed by atoms with van der Waals surface area (Å²) in [5.41, 5.74) is 2.47. The van der Waals surface area contributed by atoms with Crippen LogP contribution in [0.1, 0.15) is 17.2 Å². The van der Waals surface area contributed by atoms with Crippen LogP contribution in [0.2, 0.25) is 5.02 Å². The summed E-state index contributed by atoms with van der Waals surface area (Å²) in [7, 11) is 1.55. The lowest BCUT2D eigenvalue weighted by Gasteiger charge is -2.18. The van der Waals surface area contributed by atoms with E-state index in [-0.39, 0.29) is 0 Å². The fourth-order valence-corrected chi connectivity index (χ4v) is 2.99. The summed E-state index contributed by atoms with van der Waals surface area (Å²) in [6.07, 6.45) is -0.103. The summed E-state index contributed by atoms with van der Waals surface area (Å²) in [5.74, 6) is 0.612. The van der Waals surface area contributed by atoms with Crippen LogP contribution in [-0.4, -0.2) is 24.4 Å². The van der Waals surface area contributed by atoms with Crippen LogP contribution in [0.15, 0.2) is 42.5 Å². The maximum atomic E-state index is 12.2. The summed E-state index contributed by atoms with van der Waals surface area (Å²) < 4.78 is 5.07. The second-order valence-corrected chi connectivity index (χ2v) is 5.80. The number of aliphatic hydroxyl groups is 1. The topological polar surface area (TPSA) is 70.6 Å². The lowest BCUT2D eigenvalue weighted by molar-refractivity contribution is 0.144. The first-order valence-corrected chi connectivity index (χ1v) is 7.63. The van der Waals surface area contributed by atoms with Crippen LogP contribution in [0.25, 0.3) is 0 Å². The Morgan fingerprint density at radius 1 is 1.30 bits per heavy atom. The van der Waals surface area contributed by atoms with Crippen LogP contribution in [0.3, 0.4) is 0 Å². The van der Waals surface area contributed by atoms with E-state index in [1.54, 1.807) is 25.3 Å². The van der Waals surface area contributed by atoms with Gasteiger partial charge in [0.2, 0.25) is 0 Å². The number of fused-ring (bicyclic) bond motifs is 1. The second kappa shape index (κ2) is 6.48. The van der Waals surface area contributed by atoms with Crippen molar-refractivity contribution in [1.82, 2.24) is 5.32 Å². The molecule has 0 aliphatic heterocycles. The van der Waals surface area contributed by atoms with Crippen molar-refractivity contribution in [2.75, 3.05) is 12.4 Å². The van der Waals surface area contributed by atoms with E-state index >= 15 is 0 Å². The number of methoxy groups -OCH3 is 1. The number of anilines is 1. The quantitative estimate of drug-likeness (QED) is 0.808. The fraction of sp³-hybridized carbons (Fsp3) is 0.235. The minimum absolute atomic E-state index is 0.381. The lowest BCUT2D eigenvalue weighted by Crippen LogP contribution is -2.36. The molecule has 0 saturated carbocycles. The zero-order chi connectivity index (χ0) is 16.4. The number of carbonyl (C=O) groups is 1. The first-order chi connectivity index (χ1) is 11.1. The number of amides is 2. The van der Waals surface area contributed by atoms with Crippen molar-refractivity contribution >= 4 is 23.3 Å². The molecule has 1 aliphatic rings. The van der Waals surface area contributed by atoms with E-state index in [9.17, 15) is 9.90 Å². The zero-order valence-corrected chi connectivity index (χ0v) is 13.3. The number of carbonyl (C=O) groups excluding carboxylic acids is 1. The number of urea groups is 1. The zero-order valence-electron chi connectivity index (χ0n) is 12.5. The number of nitrogens with one attached hydrogen (secondary N) is 2.